The molecule has 0 spiro atoms. The number of aromatic nitrogens is 1. The molecule has 0 aliphatic heterocycles. The van der Waals surface area contributed by atoms with E-state index in [0.717, 1.165) is 10.5 Å². The molecule has 10 nitrogen and oxygen atoms in total. The van der Waals surface area contributed by atoms with Crippen molar-refractivity contribution in [3.05, 3.63) is 83.0 Å². The van der Waals surface area contributed by atoms with Gasteiger partial charge in [-0.3, -0.25) is 5.43 Å². The third kappa shape index (κ3) is 7.09. The minimum Gasteiger partial charge on any atom is -0.439 e. The molecule has 2 aromatic carbocycles. The summed E-state index contributed by atoms with van der Waals surface area (Å²) in [5, 5.41) is 12.2. The topological polar surface area (TPSA) is 131 Å². The van der Waals surface area contributed by atoms with Gasteiger partial charge in [0.1, 0.15) is 17.5 Å². The molecule has 4 N–H and O–H groups in total. The normalized spacial score (nSPS) is 10.0. The van der Waals surface area contributed by atoms with Crippen LogP contribution < -0.4 is 26.4 Å². The summed E-state index contributed by atoms with van der Waals surface area (Å²) in [6.45, 7) is 2.10. The van der Waals surface area contributed by atoms with Crippen LogP contribution in [0, 0.1) is 11.3 Å². The molecule has 1 heterocycles. The number of pyridine rings is 1. The molecular formula is C23H22ClN7O3. The number of carbonyl (C=O) groups excluding carboxylic acids is 2. The fourth-order valence-electron chi connectivity index (χ4n) is 2.77. The number of nitrogens with zero attached hydrogens (tertiary/aromatic N) is 3. The van der Waals surface area contributed by atoms with Gasteiger partial charge < -0.3 is 15.5 Å². The summed E-state index contributed by atoms with van der Waals surface area (Å²) in [5.41, 5.74) is 9.44. The quantitative estimate of drug-likeness (QED) is 0.356. The number of urea groups is 2. The molecule has 4 amide bonds. The summed E-state index contributed by atoms with van der Waals surface area (Å²) in [4.78, 5) is 29.9. The minimum atomic E-state index is -0.645. The van der Waals surface area contributed by atoms with E-state index in [9.17, 15) is 9.59 Å². The Hall–Kier alpha value is -4.33. The average Bonchev–Trinajstić information content (AvgIpc) is 2.84. The van der Waals surface area contributed by atoms with Gasteiger partial charge in [0.2, 0.25) is 5.88 Å². The Morgan fingerprint density at radius 3 is 2.59 bits per heavy atom. The van der Waals surface area contributed by atoms with E-state index in [-0.39, 0.29) is 24.7 Å². The first-order valence-electron chi connectivity index (χ1n) is 10.2. The maximum absolute atomic E-state index is 12.4. The second kappa shape index (κ2) is 12.1. The highest BCUT2D eigenvalue weighted by Gasteiger charge is 2.19. The first kappa shape index (κ1) is 24.3. The number of hydrogen-bond donors (Lipinski definition) is 4. The predicted molar refractivity (Wildman–Crippen MR) is 127 cm³/mol. The molecule has 0 fully saturated rings. The number of rotatable bonds is 8. The van der Waals surface area contributed by atoms with E-state index < -0.39 is 12.1 Å². The van der Waals surface area contributed by atoms with Crippen LogP contribution in [0.2, 0.25) is 5.02 Å². The van der Waals surface area contributed by atoms with E-state index in [1.165, 1.54) is 0 Å². The minimum absolute atomic E-state index is 0.165. The van der Waals surface area contributed by atoms with Crippen LogP contribution in [0.4, 0.5) is 15.3 Å². The maximum Gasteiger partial charge on any atom is 0.341 e. The molecule has 11 heteroatoms. The highest BCUT2D eigenvalue weighted by Crippen LogP contribution is 2.22. The number of hydrogen-bond acceptors (Lipinski definition) is 7. The smallest absolute Gasteiger partial charge is 0.341 e. The summed E-state index contributed by atoms with van der Waals surface area (Å²) in [7, 11) is 0. The van der Waals surface area contributed by atoms with E-state index in [1.54, 1.807) is 73.7 Å². The van der Waals surface area contributed by atoms with Gasteiger partial charge >= 0.3 is 12.1 Å². The lowest BCUT2D eigenvalue weighted by molar-refractivity contribution is 0.185. The lowest BCUT2D eigenvalue weighted by atomic mass is 10.2. The Balaban J connectivity index is 1.49. The van der Waals surface area contributed by atoms with Crippen molar-refractivity contribution in [2.45, 2.75) is 13.5 Å². The third-order valence-electron chi connectivity index (χ3n) is 4.43. The van der Waals surface area contributed by atoms with Crippen LogP contribution in [0.1, 0.15) is 18.2 Å². The molecular weight excluding hydrogens is 458 g/mol. The standard InChI is InChI=1S/C23H22ClN7O3/c1-2-31(22(32)26-15-16-9-11-17(24)12-10-16)23(33)29-30-28-18-5-3-7-20(13-18)34-21-8-4-6-19(14-25)27-21/h3-13,28,30H,2,15H2,1H3,(H,26,32)(H,29,33). The summed E-state index contributed by atoms with van der Waals surface area (Å²) in [5.74, 6) is 0.748. The zero-order valence-corrected chi connectivity index (χ0v) is 19.0. The summed E-state index contributed by atoms with van der Waals surface area (Å²) in [6.07, 6.45) is 0. The largest absolute Gasteiger partial charge is 0.439 e. The molecule has 0 saturated carbocycles. The molecule has 34 heavy (non-hydrogen) atoms. The Labute approximate surface area is 201 Å². The Morgan fingerprint density at radius 2 is 1.85 bits per heavy atom. The lowest BCUT2D eigenvalue weighted by Crippen LogP contribution is -2.53. The van der Waals surface area contributed by atoms with Crippen molar-refractivity contribution >= 4 is 29.4 Å². The summed E-state index contributed by atoms with van der Waals surface area (Å²) < 4.78 is 5.66. The second-order valence-corrected chi connectivity index (χ2v) is 7.25. The van der Waals surface area contributed by atoms with Crippen molar-refractivity contribution in [3.63, 3.8) is 0 Å². The van der Waals surface area contributed by atoms with Gasteiger partial charge in [-0.05, 0) is 42.8 Å². The Morgan fingerprint density at radius 1 is 1.09 bits per heavy atom. The average molecular weight is 480 g/mol. The Bertz CT molecular complexity index is 1180. The van der Waals surface area contributed by atoms with Crippen molar-refractivity contribution in [2.75, 3.05) is 12.0 Å². The van der Waals surface area contributed by atoms with Gasteiger partial charge in [0, 0.05) is 30.2 Å². The van der Waals surface area contributed by atoms with E-state index in [4.69, 9.17) is 21.6 Å². The van der Waals surface area contributed by atoms with Crippen LogP contribution in [0.3, 0.4) is 0 Å². The van der Waals surface area contributed by atoms with Gasteiger partial charge in [0.05, 0.1) is 5.69 Å². The molecule has 0 radical (unpaired) electrons. The molecule has 1 aromatic heterocycles. The number of ether oxygens (including phenoxy) is 1. The number of imide groups is 1. The van der Waals surface area contributed by atoms with E-state index in [2.05, 4.69) is 26.7 Å². The fourth-order valence-corrected chi connectivity index (χ4v) is 2.90. The van der Waals surface area contributed by atoms with Crippen LogP contribution in [-0.2, 0) is 6.54 Å². The van der Waals surface area contributed by atoms with Gasteiger partial charge in [0.25, 0.3) is 0 Å². The number of nitrogens with one attached hydrogen (secondary N) is 4. The van der Waals surface area contributed by atoms with E-state index in [1.807, 2.05) is 6.07 Å². The van der Waals surface area contributed by atoms with Crippen LogP contribution in [0.15, 0.2) is 66.7 Å². The Kier molecular flexibility index (Phi) is 8.62. The molecule has 0 atom stereocenters. The molecule has 3 aromatic rings. The van der Waals surface area contributed by atoms with Gasteiger partial charge in [0.15, 0.2) is 0 Å². The highest BCUT2D eigenvalue weighted by atomic mass is 35.5. The van der Waals surface area contributed by atoms with Crippen molar-refractivity contribution in [3.8, 4) is 17.7 Å². The highest BCUT2D eigenvalue weighted by molar-refractivity contribution is 6.30. The van der Waals surface area contributed by atoms with Crippen LogP contribution >= 0.6 is 11.6 Å². The van der Waals surface area contributed by atoms with Crippen LogP contribution in [-0.4, -0.2) is 28.5 Å². The van der Waals surface area contributed by atoms with Crippen molar-refractivity contribution in [2.24, 2.45) is 0 Å². The van der Waals surface area contributed by atoms with Crippen molar-refractivity contribution < 1.29 is 14.3 Å². The third-order valence-corrected chi connectivity index (χ3v) is 4.69. The first-order chi connectivity index (χ1) is 16.5. The molecule has 0 bridgehead atoms. The summed E-state index contributed by atoms with van der Waals surface area (Å²) in [6, 6.07) is 19.5. The molecule has 3 rings (SSSR count). The molecule has 0 unspecified atom stereocenters. The van der Waals surface area contributed by atoms with Crippen molar-refractivity contribution in [1.29, 1.82) is 5.26 Å². The predicted octanol–water partition coefficient (Wildman–Crippen LogP) is 4.17. The van der Waals surface area contributed by atoms with Gasteiger partial charge in [-0.1, -0.05) is 35.9 Å². The lowest BCUT2D eigenvalue weighted by Gasteiger charge is -2.20. The number of nitriles is 1. The van der Waals surface area contributed by atoms with Gasteiger partial charge in [-0.15, -0.1) is 5.53 Å². The maximum atomic E-state index is 12.4. The number of halogens is 1. The number of amides is 4. The summed E-state index contributed by atoms with van der Waals surface area (Å²) >= 11 is 5.86. The molecule has 174 valence electrons. The van der Waals surface area contributed by atoms with Crippen LogP contribution in [0.5, 0.6) is 11.6 Å². The SMILES string of the molecule is CCN(C(=O)NCc1ccc(Cl)cc1)C(=O)NNNc1cccc(Oc2cccc(C#N)n2)c1. The second-order valence-electron chi connectivity index (χ2n) is 6.81. The number of benzene rings is 2. The monoisotopic (exact) mass is 479 g/mol. The van der Waals surface area contributed by atoms with Crippen LogP contribution in [0.25, 0.3) is 0 Å². The number of hydrazine groups is 2. The van der Waals surface area contributed by atoms with Crippen molar-refractivity contribution in [1.82, 2.24) is 26.2 Å². The molecule has 0 aliphatic carbocycles. The zero-order chi connectivity index (χ0) is 24.3. The van der Waals surface area contributed by atoms with E-state index in [0.29, 0.717) is 16.5 Å². The zero-order valence-electron chi connectivity index (χ0n) is 18.2. The number of carbonyl (C=O) groups is 2. The first-order valence-corrected chi connectivity index (χ1v) is 10.6. The number of anilines is 1. The van der Waals surface area contributed by atoms with Gasteiger partial charge in [-0.2, -0.15) is 5.26 Å². The van der Waals surface area contributed by atoms with E-state index >= 15 is 0 Å². The van der Waals surface area contributed by atoms with Gasteiger partial charge in [-0.25, -0.2) is 19.5 Å². The fraction of sp³-hybridized carbons (Fsp3) is 0.130. The molecule has 0 saturated heterocycles. The molecule has 0 aliphatic rings.